The van der Waals surface area contributed by atoms with Crippen LogP contribution in [0, 0.1) is 6.92 Å². The Hall–Kier alpha value is -3.22. The van der Waals surface area contributed by atoms with E-state index in [4.69, 9.17) is 5.73 Å². The van der Waals surface area contributed by atoms with Gasteiger partial charge in [-0.1, -0.05) is 12.1 Å². The van der Waals surface area contributed by atoms with Gasteiger partial charge in [0.25, 0.3) is 0 Å². The summed E-state index contributed by atoms with van der Waals surface area (Å²) in [6.45, 7) is 2.40. The third-order valence-corrected chi connectivity index (χ3v) is 3.47. The van der Waals surface area contributed by atoms with Crippen LogP contribution < -0.4 is 11.1 Å². The van der Waals surface area contributed by atoms with E-state index < -0.39 is 0 Å². The molecule has 0 saturated heterocycles. The van der Waals surface area contributed by atoms with Crippen molar-refractivity contribution >= 4 is 17.5 Å². The van der Waals surface area contributed by atoms with Crippen molar-refractivity contribution in [1.29, 1.82) is 0 Å². The van der Waals surface area contributed by atoms with Crippen molar-refractivity contribution in [2.75, 3.05) is 5.32 Å². The molecule has 0 aliphatic rings. The van der Waals surface area contributed by atoms with Crippen LogP contribution >= 0.6 is 0 Å². The van der Waals surface area contributed by atoms with E-state index in [1.54, 1.807) is 17.1 Å². The van der Waals surface area contributed by atoms with Crippen LogP contribution in [0.4, 0.5) is 11.6 Å². The minimum atomic E-state index is -0.337. The van der Waals surface area contributed by atoms with Crippen LogP contribution in [-0.4, -0.2) is 25.7 Å². The number of carbonyl (C=O) groups excluding carboxylic acids is 1. The highest BCUT2D eigenvalue weighted by atomic mass is 16.1. The van der Waals surface area contributed by atoms with Crippen LogP contribution in [0.25, 0.3) is 11.1 Å². The van der Waals surface area contributed by atoms with Gasteiger partial charge in [-0.3, -0.25) is 9.48 Å². The van der Waals surface area contributed by atoms with Crippen LogP contribution in [0.2, 0.25) is 0 Å². The SMILES string of the molecule is Cc1ccnc(Nc2cccc(-c3cnn(CCC(N)=O)c3)c2)n1. The Kier molecular flexibility index (Phi) is 4.51. The number of amides is 1. The molecule has 3 rings (SSSR count). The molecule has 0 unspecified atom stereocenters. The molecule has 0 fully saturated rings. The summed E-state index contributed by atoms with van der Waals surface area (Å²) >= 11 is 0. The summed E-state index contributed by atoms with van der Waals surface area (Å²) < 4.78 is 1.71. The summed E-state index contributed by atoms with van der Waals surface area (Å²) in [5, 5.41) is 7.44. The van der Waals surface area contributed by atoms with Crippen LogP contribution in [0.5, 0.6) is 0 Å². The highest BCUT2D eigenvalue weighted by Gasteiger charge is 2.05. The van der Waals surface area contributed by atoms with Gasteiger partial charge in [0.15, 0.2) is 0 Å². The van der Waals surface area contributed by atoms with Crippen molar-refractivity contribution in [3.8, 4) is 11.1 Å². The second kappa shape index (κ2) is 6.91. The molecule has 0 spiro atoms. The third-order valence-electron chi connectivity index (χ3n) is 3.47. The maximum absolute atomic E-state index is 10.9. The smallest absolute Gasteiger partial charge is 0.227 e. The van der Waals surface area contributed by atoms with Crippen molar-refractivity contribution in [3.05, 3.63) is 54.6 Å². The molecule has 1 amide bonds. The first kappa shape index (κ1) is 15.7. The summed E-state index contributed by atoms with van der Waals surface area (Å²) in [6.07, 6.45) is 5.65. The van der Waals surface area contributed by atoms with E-state index in [2.05, 4.69) is 20.4 Å². The van der Waals surface area contributed by atoms with Gasteiger partial charge in [0.1, 0.15) is 0 Å². The quantitative estimate of drug-likeness (QED) is 0.725. The number of anilines is 2. The molecule has 1 aromatic carbocycles. The number of carbonyl (C=O) groups is 1. The number of nitrogens with one attached hydrogen (secondary N) is 1. The Bertz CT molecular complexity index is 858. The third kappa shape index (κ3) is 3.95. The molecule has 2 aromatic heterocycles. The van der Waals surface area contributed by atoms with Gasteiger partial charge in [0.2, 0.25) is 11.9 Å². The van der Waals surface area contributed by atoms with E-state index >= 15 is 0 Å². The zero-order valence-corrected chi connectivity index (χ0v) is 13.3. The Morgan fingerprint density at radius 2 is 2.17 bits per heavy atom. The molecule has 7 nitrogen and oxygen atoms in total. The Morgan fingerprint density at radius 3 is 2.96 bits per heavy atom. The molecule has 2 heterocycles. The molecular formula is C17H18N6O. The molecular weight excluding hydrogens is 304 g/mol. The highest BCUT2D eigenvalue weighted by Crippen LogP contribution is 2.23. The van der Waals surface area contributed by atoms with Gasteiger partial charge in [0.05, 0.1) is 6.20 Å². The van der Waals surface area contributed by atoms with Gasteiger partial charge in [-0.2, -0.15) is 5.10 Å². The number of hydrogen-bond acceptors (Lipinski definition) is 5. The Morgan fingerprint density at radius 1 is 1.29 bits per heavy atom. The maximum atomic E-state index is 10.9. The Balaban J connectivity index is 1.76. The minimum Gasteiger partial charge on any atom is -0.370 e. The van der Waals surface area contributed by atoms with Crippen molar-refractivity contribution in [3.63, 3.8) is 0 Å². The van der Waals surface area contributed by atoms with Gasteiger partial charge >= 0.3 is 0 Å². The molecule has 0 aliphatic carbocycles. The molecule has 3 N–H and O–H groups in total. The normalized spacial score (nSPS) is 10.5. The molecule has 0 aliphatic heterocycles. The lowest BCUT2D eigenvalue weighted by molar-refractivity contribution is -0.118. The monoisotopic (exact) mass is 322 g/mol. The number of rotatable bonds is 6. The standard InChI is InChI=1S/C17H18N6O/c1-12-5-7-19-17(21-12)22-15-4-2-3-13(9-15)14-10-20-23(11-14)8-6-16(18)24/h2-5,7,9-11H,6,8H2,1H3,(H2,18,24)(H,19,21,22). The minimum absolute atomic E-state index is 0.271. The number of aromatic nitrogens is 4. The molecule has 24 heavy (non-hydrogen) atoms. The van der Waals surface area contributed by atoms with E-state index in [1.165, 1.54) is 0 Å². The van der Waals surface area contributed by atoms with Gasteiger partial charge in [0, 0.05) is 42.3 Å². The second-order valence-electron chi connectivity index (χ2n) is 5.44. The summed E-state index contributed by atoms with van der Waals surface area (Å²) in [4.78, 5) is 19.4. The zero-order chi connectivity index (χ0) is 16.9. The average Bonchev–Trinajstić information content (AvgIpc) is 3.02. The van der Waals surface area contributed by atoms with Gasteiger partial charge in [-0.15, -0.1) is 0 Å². The fraction of sp³-hybridized carbons (Fsp3) is 0.176. The lowest BCUT2D eigenvalue weighted by atomic mass is 10.1. The van der Waals surface area contributed by atoms with Gasteiger partial charge < -0.3 is 11.1 Å². The van der Waals surface area contributed by atoms with Gasteiger partial charge in [-0.05, 0) is 30.7 Å². The first-order valence-corrected chi connectivity index (χ1v) is 7.58. The summed E-state index contributed by atoms with van der Waals surface area (Å²) in [7, 11) is 0. The number of benzene rings is 1. The molecule has 0 bridgehead atoms. The summed E-state index contributed by atoms with van der Waals surface area (Å²) in [5.74, 6) is 0.223. The van der Waals surface area contributed by atoms with E-state index in [0.717, 1.165) is 22.5 Å². The first-order valence-electron chi connectivity index (χ1n) is 7.58. The van der Waals surface area contributed by atoms with Crippen molar-refractivity contribution in [1.82, 2.24) is 19.7 Å². The van der Waals surface area contributed by atoms with E-state index in [0.29, 0.717) is 12.5 Å². The number of hydrogen-bond donors (Lipinski definition) is 2. The topological polar surface area (TPSA) is 98.7 Å². The number of primary amides is 1. The molecule has 0 atom stereocenters. The fourth-order valence-corrected chi connectivity index (χ4v) is 2.27. The number of aryl methyl sites for hydroxylation is 2. The van der Waals surface area contributed by atoms with Crippen molar-refractivity contribution in [2.45, 2.75) is 19.9 Å². The second-order valence-corrected chi connectivity index (χ2v) is 5.44. The van der Waals surface area contributed by atoms with Crippen LogP contribution in [0.3, 0.4) is 0 Å². The predicted octanol–water partition coefficient (Wildman–Crippen LogP) is 2.27. The first-order chi connectivity index (χ1) is 11.6. The van der Waals surface area contributed by atoms with Crippen LogP contribution in [0.1, 0.15) is 12.1 Å². The molecule has 0 radical (unpaired) electrons. The maximum Gasteiger partial charge on any atom is 0.227 e. The predicted molar refractivity (Wildman–Crippen MR) is 91.5 cm³/mol. The van der Waals surface area contributed by atoms with E-state index in [1.807, 2.05) is 43.5 Å². The van der Waals surface area contributed by atoms with E-state index in [-0.39, 0.29) is 12.3 Å². The van der Waals surface area contributed by atoms with Crippen molar-refractivity contribution in [2.24, 2.45) is 5.73 Å². The lowest BCUT2D eigenvalue weighted by Crippen LogP contribution is -2.13. The lowest BCUT2D eigenvalue weighted by Gasteiger charge is -2.06. The molecule has 0 saturated carbocycles. The van der Waals surface area contributed by atoms with Crippen LogP contribution in [-0.2, 0) is 11.3 Å². The fourth-order valence-electron chi connectivity index (χ4n) is 2.27. The van der Waals surface area contributed by atoms with Crippen LogP contribution in [0.15, 0.2) is 48.9 Å². The van der Waals surface area contributed by atoms with E-state index in [9.17, 15) is 4.79 Å². The molecule has 3 aromatic rings. The van der Waals surface area contributed by atoms with Crippen molar-refractivity contribution < 1.29 is 4.79 Å². The molecule has 122 valence electrons. The number of nitrogens with zero attached hydrogens (tertiary/aromatic N) is 4. The number of nitrogens with two attached hydrogens (primary N) is 1. The zero-order valence-electron chi connectivity index (χ0n) is 13.3. The highest BCUT2D eigenvalue weighted by molar-refractivity contribution is 5.73. The molecule has 7 heteroatoms. The van der Waals surface area contributed by atoms with Gasteiger partial charge in [-0.25, -0.2) is 9.97 Å². The average molecular weight is 322 g/mol. The summed E-state index contributed by atoms with van der Waals surface area (Å²) in [6, 6.07) is 9.75. The largest absolute Gasteiger partial charge is 0.370 e. The summed E-state index contributed by atoms with van der Waals surface area (Å²) in [5.41, 5.74) is 8.93. The Labute approximate surface area is 139 Å².